The van der Waals surface area contributed by atoms with Crippen molar-refractivity contribution in [2.45, 2.75) is 32.7 Å². The number of hydrogen-bond acceptors (Lipinski definition) is 7. The number of ether oxygens (including phenoxy) is 1. The predicted octanol–water partition coefficient (Wildman–Crippen LogP) is 2.39. The second-order valence-corrected chi connectivity index (χ2v) is 10.7. The van der Waals surface area contributed by atoms with Gasteiger partial charge in [-0.1, -0.05) is 20.8 Å². The van der Waals surface area contributed by atoms with Crippen molar-refractivity contribution in [3.8, 4) is 17.4 Å². The molecule has 1 unspecified atom stereocenters. The minimum Gasteiger partial charge on any atom is -0.505 e. The summed E-state index contributed by atoms with van der Waals surface area (Å²) in [6, 6.07) is 5.98. The normalized spacial score (nSPS) is 17.6. The number of primary amides is 1. The van der Waals surface area contributed by atoms with Crippen LogP contribution in [0.5, 0.6) is 17.4 Å². The number of amides is 1. The molecule has 0 saturated carbocycles. The second-order valence-electron chi connectivity index (χ2n) is 8.92. The zero-order valence-corrected chi connectivity index (χ0v) is 19.7. The zero-order valence-electron chi connectivity index (χ0n) is 18.8. The number of carbonyl (C=O) groups excluding carboxylic acids is 1. The summed E-state index contributed by atoms with van der Waals surface area (Å²) in [7, 11) is -4.33. The average molecular weight is 488 g/mol. The first-order chi connectivity index (χ1) is 15.9. The first-order valence-electron chi connectivity index (χ1n) is 10.3. The second kappa shape index (κ2) is 8.27. The summed E-state index contributed by atoms with van der Waals surface area (Å²) in [6.07, 6.45) is 3.02. The smallest absolute Gasteiger partial charge is 0.346 e. The first kappa shape index (κ1) is 23.5. The molecule has 1 aromatic carbocycles. The van der Waals surface area contributed by atoms with E-state index in [1.54, 1.807) is 6.07 Å². The number of nitrogens with zero attached hydrogens (tertiary/aromatic N) is 2. The van der Waals surface area contributed by atoms with Crippen molar-refractivity contribution < 1.29 is 33.6 Å². The number of aromatic nitrogens is 1. The number of rotatable bonds is 6. The van der Waals surface area contributed by atoms with Gasteiger partial charge in [-0.3, -0.25) is 9.36 Å². The van der Waals surface area contributed by atoms with Crippen LogP contribution in [0.1, 0.15) is 37.6 Å². The molecule has 1 atom stereocenters. The van der Waals surface area contributed by atoms with Crippen LogP contribution in [-0.2, 0) is 21.3 Å². The SMILES string of the molecule is CC(C)(C)c1c(O)c(C2=NP(=O)(O)c3cc(OCC(N)=O)ccc3N2)c(O)n1Cc1ccoc1. The lowest BCUT2D eigenvalue weighted by molar-refractivity contribution is -0.119. The van der Waals surface area contributed by atoms with Crippen LogP contribution in [0.4, 0.5) is 5.69 Å². The number of amidine groups is 1. The molecule has 0 aliphatic carbocycles. The molecular weight excluding hydrogens is 463 g/mol. The summed E-state index contributed by atoms with van der Waals surface area (Å²) in [5, 5.41) is 25.1. The van der Waals surface area contributed by atoms with E-state index in [1.807, 2.05) is 20.8 Å². The first-order valence-corrected chi connectivity index (χ1v) is 11.9. The van der Waals surface area contributed by atoms with E-state index < -0.39 is 25.4 Å². The third-order valence-electron chi connectivity index (χ3n) is 5.23. The van der Waals surface area contributed by atoms with Crippen LogP contribution < -0.4 is 21.1 Å². The van der Waals surface area contributed by atoms with E-state index >= 15 is 0 Å². The highest BCUT2D eigenvalue weighted by atomic mass is 31.2. The Morgan fingerprint density at radius 2 is 2.03 bits per heavy atom. The number of benzene rings is 1. The van der Waals surface area contributed by atoms with Crippen LogP contribution in [0, 0.1) is 0 Å². The minimum absolute atomic E-state index is 0.0499. The molecule has 0 radical (unpaired) electrons. The van der Waals surface area contributed by atoms with Crippen molar-refractivity contribution in [2.24, 2.45) is 10.5 Å². The molecule has 0 bridgehead atoms. The molecule has 1 amide bonds. The number of aromatic hydroxyl groups is 2. The Morgan fingerprint density at radius 3 is 2.65 bits per heavy atom. The number of carbonyl (C=O) groups is 1. The molecule has 2 aromatic heterocycles. The number of nitrogens with one attached hydrogen (secondary N) is 1. The Hall–Kier alpha value is -3.69. The highest BCUT2D eigenvalue weighted by Crippen LogP contribution is 2.50. The van der Waals surface area contributed by atoms with Gasteiger partial charge in [0.1, 0.15) is 11.3 Å². The van der Waals surface area contributed by atoms with Gasteiger partial charge in [-0.05, 0) is 24.3 Å². The van der Waals surface area contributed by atoms with Gasteiger partial charge in [-0.2, -0.15) is 4.76 Å². The summed E-state index contributed by atoms with van der Waals surface area (Å²) in [5.41, 5.74) is 5.79. The molecule has 6 N–H and O–H groups in total. The number of furan rings is 1. The van der Waals surface area contributed by atoms with Crippen LogP contribution >= 0.6 is 7.52 Å². The van der Waals surface area contributed by atoms with Crippen molar-refractivity contribution >= 4 is 30.3 Å². The monoisotopic (exact) mass is 488 g/mol. The molecule has 0 fully saturated rings. The van der Waals surface area contributed by atoms with Gasteiger partial charge in [-0.15, -0.1) is 0 Å². The molecule has 4 rings (SSSR count). The van der Waals surface area contributed by atoms with Gasteiger partial charge in [0.05, 0.1) is 35.8 Å². The fourth-order valence-corrected chi connectivity index (χ4v) is 5.12. The van der Waals surface area contributed by atoms with E-state index in [0.29, 0.717) is 5.69 Å². The molecule has 1 aliphatic heterocycles. The summed E-state index contributed by atoms with van der Waals surface area (Å²) < 4.78 is 28.9. The molecule has 12 heteroatoms. The van der Waals surface area contributed by atoms with Crippen molar-refractivity contribution in [2.75, 3.05) is 11.9 Å². The van der Waals surface area contributed by atoms with Crippen LogP contribution in [0.15, 0.2) is 46.0 Å². The summed E-state index contributed by atoms with van der Waals surface area (Å²) >= 11 is 0. The Morgan fingerprint density at radius 1 is 1.29 bits per heavy atom. The van der Waals surface area contributed by atoms with Gasteiger partial charge in [0, 0.05) is 11.0 Å². The van der Waals surface area contributed by atoms with Crippen LogP contribution in [0.2, 0.25) is 0 Å². The van der Waals surface area contributed by atoms with Crippen molar-refractivity contribution in [3.05, 3.63) is 53.6 Å². The maximum atomic E-state index is 13.1. The van der Waals surface area contributed by atoms with E-state index in [2.05, 4.69) is 10.1 Å². The van der Waals surface area contributed by atoms with E-state index in [9.17, 15) is 24.5 Å². The van der Waals surface area contributed by atoms with E-state index in [0.717, 1.165) is 5.56 Å². The van der Waals surface area contributed by atoms with Gasteiger partial charge < -0.3 is 39.9 Å². The molecule has 3 heterocycles. The number of nitrogens with two attached hydrogens (primary N) is 1. The molecule has 180 valence electrons. The Kier molecular flexibility index (Phi) is 5.71. The molecule has 34 heavy (non-hydrogen) atoms. The van der Waals surface area contributed by atoms with E-state index in [1.165, 1.54) is 35.3 Å². The molecule has 0 spiro atoms. The van der Waals surface area contributed by atoms with Crippen molar-refractivity contribution in [1.29, 1.82) is 0 Å². The Balaban J connectivity index is 1.79. The lowest BCUT2D eigenvalue weighted by Gasteiger charge is -2.22. The summed E-state index contributed by atoms with van der Waals surface area (Å²) in [4.78, 5) is 21.6. The zero-order chi connectivity index (χ0) is 24.8. The van der Waals surface area contributed by atoms with Gasteiger partial charge in [0.25, 0.3) is 5.91 Å². The van der Waals surface area contributed by atoms with E-state index in [4.69, 9.17) is 14.9 Å². The topological polar surface area (TPSA) is 173 Å². The molecular formula is C22H25N4O7P. The third-order valence-corrected chi connectivity index (χ3v) is 6.70. The fraction of sp³-hybridized carbons (Fsp3) is 0.273. The number of anilines is 1. The maximum Gasteiger partial charge on any atom is 0.346 e. The Labute approximate surface area is 195 Å². The van der Waals surface area contributed by atoms with Crippen molar-refractivity contribution in [3.63, 3.8) is 0 Å². The largest absolute Gasteiger partial charge is 0.505 e. The molecule has 0 saturated heterocycles. The quantitative estimate of drug-likeness (QED) is 0.329. The van der Waals surface area contributed by atoms with Gasteiger partial charge in [0.15, 0.2) is 18.2 Å². The van der Waals surface area contributed by atoms with Gasteiger partial charge in [-0.25, -0.2) is 0 Å². The molecule has 11 nitrogen and oxygen atoms in total. The molecule has 3 aromatic rings. The fourth-order valence-electron chi connectivity index (χ4n) is 3.85. The molecule has 1 aliphatic rings. The maximum absolute atomic E-state index is 13.1. The number of fused-ring (bicyclic) bond motifs is 1. The lowest BCUT2D eigenvalue weighted by Crippen LogP contribution is -2.25. The predicted molar refractivity (Wildman–Crippen MR) is 125 cm³/mol. The average Bonchev–Trinajstić information content (AvgIpc) is 3.32. The number of hydrogen-bond donors (Lipinski definition) is 5. The van der Waals surface area contributed by atoms with E-state index in [-0.39, 0.29) is 46.3 Å². The van der Waals surface area contributed by atoms with Gasteiger partial charge >= 0.3 is 7.52 Å². The lowest BCUT2D eigenvalue weighted by atomic mass is 9.91. The highest BCUT2D eigenvalue weighted by Gasteiger charge is 2.37. The van der Waals surface area contributed by atoms with Gasteiger partial charge in [0.2, 0.25) is 5.88 Å². The van der Waals surface area contributed by atoms with Crippen LogP contribution in [-0.4, -0.2) is 38.0 Å². The summed E-state index contributed by atoms with van der Waals surface area (Å²) in [6.45, 7) is 5.41. The highest BCUT2D eigenvalue weighted by molar-refractivity contribution is 7.65. The minimum atomic E-state index is -4.33. The van der Waals surface area contributed by atoms with Crippen LogP contribution in [0.25, 0.3) is 0 Å². The third kappa shape index (κ3) is 4.27. The standard InChI is InChI=1S/C22H25N4O7P/c1-22(2,3)19-18(28)17(21(29)26(19)9-12-6-7-32-10-12)20-24-14-5-4-13(33-11-16(23)27)8-15(14)34(30,31)25-20/h4-8,10,28-29H,9,11H2,1-3H3,(H2,23,27)(H2,24,25,30,31). The Bertz CT molecular complexity index is 1340. The summed E-state index contributed by atoms with van der Waals surface area (Å²) in [5.74, 6) is -1.26. The van der Waals surface area contributed by atoms with Crippen LogP contribution in [0.3, 0.4) is 0 Å². The van der Waals surface area contributed by atoms with Crippen molar-refractivity contribution in [1.82, 2.24) is 4.57 Å².